The Bertz CT molecular complexity index is 387. The molecule has 3 nitrogen and oxygen atoms in total. The minimum atomic E-state index is 0. The quantitative estimate of drug-likeness (QED) is 0.884. The molecule has 0 amide bonds. The predicted molar refractivity (Wildman–Crippen MR) is 64.9 cm³/mol. The van der Waals surface area contributed by atoms with Gasteiger partial charge in [0.25, 0.3) is 0 Å². The molecule has 82 valence electrons. The van der Waals surface area contributed by atoms with Crippen LogP contribution in [0.4, 0.5) is 0 Å². The molecule has 2 rings (SSSR count). The lowest BCUT2D eigenvalue weighted by Crippen LogP contribution is -1.91. The fourth-order valence-electron chi connectivity index (χ4n) is 1.28. The molecule has 1 N–H and O–H groups in total. The lowest BCUT2D eigenvalue weighted by molar-refractivity contribution is 1.04. The monoisotopic (exact) mass is 245 g/mol. The second-order valence-corrected chi connectivity index (χ2v) is 3.05. The summed E-state index contributed by atoms with van der Waals surface area (Å²) in [6, 6.07) is 6.05. The zero-order valence-electron chi connectivity index (χ0n) is 8.30. The molecule has 15 heavy (non-hydrogen) atoms. The number of hydrogen-bond acceptors (Lipinski definition) is 2. The van der Waals surface area contributed by atoms with Gasteiger partial charge in [-0.1, -0.05) is 6.07 Å². The van der Waals surface area contributed by atoms with Crippen molar-refractivity contribution in [2.45, 2.75) is 13.3 Å². The standard InChI is InChI=1S/C10H11N3.2ClH/c1-8-3-2-4-10(13-8)5-9-6-11-12-7-9;;/h2-4,6-7H,5H2,1H3,(H,11,12);2*1H. The Labute approximate surface area is 101 Å². The van der Waals surface area contributed by atoms with Crippen molar-refractivity contribution in [3.8, 4) is 0 Å². The summed E-state index contributed by atoms with van der Waals surface area (Å²) < 4.78 is 0. The van der Waals surface area contributed by atoms with Gasteiger partial charge in [-0.15, -0.1) is 24.8 Å². The Kier molecular flexibility index (Phi) is 5.97. The van der Waals surface area contributed by atoms with E-state index in [9.17, 15) is 0 Å². The zero-order valence-corrected chi connectivity index (χ0v) is 9.94. The highest BCUT2D eigenvalue weighted by atomic mass is 35.5. The van der Waals surface area contributed by atoms with Crippen molar-refractivity contribution < 1.29 is 0 Å². The van der Waals surface area contributed by atoms with Gasteiger partial charge in [-0.3, -0.25) is 10.1 Å². The van der Waals surface area contributed by atoms with E-state index in [0.717, 1.165) is 23.4 Å². The minimum absolute atomic E-state index is 0. The van der Waals surface area contributed by atoms with Crippen LogP contribution in [0.2, 0.25) is 0 Å². The number of pyridine rings is 1. The molecule has 0 aromatic carbocycles. The smallest absolute Gasteiger partial charge is 0.0523 e. The molecule has 2 heterocycles. The summed E-state index contributed by atoms with van der Waals surface area (Å²) in [5, 5.41) is 6.67. The first-order valence-electron chi connectivity index (χ1n) is 4.25. The van der Waals surface area contributed by atoms with Crippen LogP contribution in [0.5, 0.6) is 0 Å². The van der Waals surface area contributed by atoms with Gasteiger partial charge in [-0.25, -0.2) is 0 Å². The molecule has 0 radical (unpaired) electrons. The molecule has 2 aromatic rings. The van der Waals surface area contributed by atoms with Gasteiger partial charge in [0.1, 0.15) is 0 Å². The van der Waals surface area contributed by atoms with Crippen molar-refractivity contribution in [2.24, 2.45) is 0 Å². The first-order valence-corrected chi connectivity index (χ1v) is 4.25. The molecule has 0 unspecified atom stereocenters. The van der Waals surface area contributed by atoms with Crippen LogP contribution in [-0.4, -0.2) is 15.2 Å². The SMILES string of the molecule is Cc1cccc(Cc2cn[nH]c2)n1.Cl.Cl. The highest BCUT2D eigenvalue weighted by Gasteiger charge is 1.97. The second-order valence-electron chi connectivity index (χ2n) is 3.05. The van der Waals surface area contributed by atoms with Crippen LogP contribution in [0, 0.1) is 6.92 Å². The molecule has 5 heteroatoms. The molecular weight excluding hydrogens is 233 g/mol. The van der Waals surface area contributed by atoms with Crippen molar-refractivity contribution in [3.63, 3.8) is 0 Å². The number of hydrogen-bond donors (Lipinski definition) is 1. The second kappa shape index (κ2) is 6.43. The average Bonchev–Trinajstić information content (AvgIpc) is 2.57. The molecule has 0 aliphatic rings. The molecule has 0 aliphatic carbocycles. The first-order chi connectivity index (χ1) is 6.34. The van der Waals surface area contributed by atoms with E-state index in [1.54, 1.807) is 0 Å². The van der Waals surface area contributed by atoms with E-state index in [1.165, 1.54) is 0 Å². The van der Waals surface area contributed by atoms with Crippen molar-refractivity contribution in [1.82, 2.24) is 15.2 Å². The maximum absolute atomic E-state index is 4.41. The maximum atomic E-state index is 4.41. The Balaban J connectivity index is 0.000000980. The molecule has 2 aromatic heterocycles. The van der Waals surface area contributed by atoms with Gasteiger partial charge < -0.3 is 0 Å². The number of H-pyrrole nitrogens is 1. The summed E-state index contributed by atoms with van der Waals surface area (Å²) in [5.41, 5.74) is 3.31. The van der Waals surface area contributed by atoms with E-state index in [4.69, 9.17) is 0 Å². The van der Waals surface area contributed by atoms with E-state index in [0.29, 0.717) is 0 Å². The molecule has 0 spiro atoms. The zero-order chi connectivity index (χ0) is 9.10. The molecule has 0 aliphatic heterocycles. The number of halogens is 2. The van der Waals surface area contributed by atoms with Crippen LogP contribution >= 0.6 is 24.8 Å². The lowest BCUT2D eigenvalue weighted by Gasteiger charge is -1.98. The summed E-state index contributed by atoms with van der Waals surface area (Å²) >= 11 is 0. The van der Waals surface area contributed by atoms with Crippen molar-refractivity contribution >= 4 is 24.8 Å². The molecule has 0 bridgehead atoms. The summed E-state index contributed by atoms with van der Waals surface area (Å²) in [6.07, 6.45) is 4.56. The maximum Gasteiger partial charge on any atom is 0.0523 e. The Morgan fingerprint density at radius 2 is 2.07 bits per heavy atom. The van der Waals surface area contributed by atoms with Crippen molar-refractivity contribution in [1.29, 1.82) is 0 Å². The molecule has 0 saturated heterocycles. The third-order valence-corrected chi connectivity index (χ3v) is 1.89. The van der Waals surface area contributed by atoms with E-state index in [-0.39, 0.29) is 24.8 Å². The van der Waals surface area contributed by atoms with Crippen molar-refractivity contribution in [3.05, 3.63) is 47.5 Å². The van der Waals surface area contributed by atoms with Gasteiger partial charge in [0.2, 0.25) is 0 Å². The number of aromatic amines is 1. The minimum Gasteiger partial charge on any atom is -0.285 e. The van der Waals surface area contributed by atoms with Crippen molar-refractivity contribution in [2.75, 3.05) is 0 Å². The normalized spacial score (nSPS) is 8.87. The molecular formula is C10H13Cl2N3. The van der Waals surface area contributed by atoms with Crippen LogP contribution in [-0.2, 0) is 6.42 Å². The van der Waals surface area contributed by atoms with Crippen LogP contribution in [0.25, 0.3) is 0 Å². The van der Waals surface area contributed by atoms with Crippen LogP contribution < -0.4 is 0 Å². The van der Waals surface area contributed by atoms with E-state index in [1.807, 2.05) is 37.5 Å². The highest BCUT2D eigenvalue weighted by Crippen LogP contribution is 2.05. The number of nitrogens with zero attached hydrogens (tertiary/aromatic N) is 2. The predicted octanol–water partition coefficient (Wildman–Crippen LogP) is 2.55. The summed E-state index contributed by atoms with van der Waals surface area (Å²) in [6.45, 7) is 2.00. The Morgan fingerprint density at radius 3 is 2.67 bits per heavy atom. The molecule has 0 saturated carbocycles. The number of aryl methyl sites for hydroxylation is 1. The summed E-state index contributed by atoms with van der Waals surface area (Å²) in [7, 11) is 0. The lowest BCUT2D eigenvalue weighted by atomic mass is 10.2. The fraction of sp³-hybridized carbons (Fsp3) is 0.200. The van der Waals surface area contributed by atoms with Gasteiger partial charge in [0, 0.05) is 24.0 Å². The first kappa shape index (κ1) is 13.9. The van der Waals surface area contributed by atoms with E-state index in [2.05, 4.69) is 15.2 Å². The Morgan fingerprint density at radius 1 is 1.27 bits per heavy atom. The van der Waals surface area contributed by atoms with Crippen LogP contribution in [0.1, 0.15) is 17.0 Å². The van der Waals surface area contributed by atoms with Crippen LogP contribution in [0.3, 0.4) is 0 Å². The summed E-state index contributed by atoms with van der Waals surface area (Å²) in [4.78, 5) is 4.41. The number of rotatable bonds is 2. The largest absolute Gasteiger partial charge is 0.285 e. The molecule has 0 atom stereocenters. The number of nitrogens with one attached hydrogen (secondary N) is 1. The van der Waals surface area contributed by atoms with Crippen LogP contribution in [0.15, 0.2) is 30.6 Å². The fourth-order valence-corrected chi connectivity index (χ4v) is 1.28. The third kappa shape index (κ3) is 3.90. The Hall–Kier alpha value is -1.06. The summed E-state index contributed by atoms with van der Waals surface area (Å²) in [5.74, 6) is 0. The van der Waals surface area contributed by atoms with Gasteiger partial charge in [0.15, 0.2) is 0 Å². The van der Waals surface area contributed by atoms with Gasteiger partial charge in [-0.05, 0) is 24.6 Å². The van der Waals surface area contributed by atoms with Gasteiger partial charge in [0.05, 0.1) is 6.20 Å². The molecule has 0 fully saturated rings. The highest BCUT2D eigenvalue weighted by molar-refractivity contribution is 5.85. The van der Waals surface area contributed by atoms with Gasteiger partial charge in [-0.2, -0.15) is 5.10 Å². The third-order valence-electron chi connectivity index (χ3n) is 1.89. The van der Waals surface area contributed by atoms with Gasteiger partial charge >= 0.3 is 0 Å². The topological polar surface area (TPSA) is 41.6 Å². The average molecular weight is 246 g/mol. The van der Waals surface area contributed by atoms with E-state index >= 15 is 0 Å². The number of aromatic nitrogens is 3. The van der Waals surface area contributed by atoms with E-state index < -0.39 is 0 Å².